The molecule has 1 N–H and O–H groups in total. The fourth-order valence-corrected chi connectivity index (χ4v) is 3.05. The van der Waals surface area contributed by atoms with Crippen LogP contribution in [0.15, 0.2) is 22.8 Å². The van der Waals surface area contributed by atoms with Gasteiger partial charge in [-0.1, -0.05) is 6.92 Å². The Balaban J connectivity index is 2.06. The Kier molecular flexibility index (Phi) is 4.34. The quantitative estimate of drug-likeness (QED) is 0.877. The smallest absolute Gasteiger partial charge is 0.338 e. The Bertz CT molecular complexity index is 671. The van der Waals surface area contributed by atoms with E-state index in [2.05, 4.69) is 5.32 Å². The molecule has 5 heteroatoms. The van der Waals surface area contributed by atoms with Crippen molar-refractivity contribution >= 4 is 22.6 Å². The molecule has 0 spiro atoms. The van der Waals surface area contributed by atoms with Gasteiger partial charge in [-0.05, 0) is 30.9 Å². The van der Waals surface area contributed by atoms with Gasteiger partial charge < -0.3 is 19.2 Å². The minimum Gasteiger partial charge on any atom is -0.465 e. The summed E-state index contributed by atoms with van der Waals surface area (Å²) in [5, 5.41) is 4.36. The summed E-state index contributed by atoms with van der Waals surface area (Å²) in [7, 11) is 1.41. The van der Waals surface area contributed by atoms with Crippen LogP contribution in [0.2, 0.25) is 0 Å². The molecule has 0 radical (unpaired) electrons. The van der Waals surface area contributed by atoms with Crippen molar-refractivity contribution in [2.45, 2.75) is 32.2 Å². The van der Waals surface area contributed by atoms with Crippen LogP contribution in [0.5, 0.6) is 0 Å². The van der Waals surface area contributed by atoms with Gasteiger partial charge in [0.25, 0.3) is 0 Å². The van der Waals surface area contributed by atoms with E-state index < -0.39 is 0 Å². The molecule has 0 atom stereocenters. The number of methoxy groups -OCH3 is 1. The standard InChI is InChI=1S/C17H21NO4/c1-3-12-14(18-11-4-7-21-8-5-11)10-15-13(6-9-22-15)16(12)17(19)20-2/h6,9-11,18H,3-5,7-8H2,1-2H3. The zero-order valence-electron chi connectivity index (χ0n) is 13.0. The van der Waals surface area contributed by atoms with Gasteiger partial charge in [-0.15, -0.1) is 0 Å². The Hall–Kier alpha value is -2.01. The highest BCUT2D eigenvalue weighted by molar-refractivity contribution is 6.06. The van der Waals surface area contributed by atoms with Crippen molar-refractivity contribution in [3.63, 3.8) is 0 Å². The molecule has 1 aliphatic heterocycles. The Morgan fingerprint density at radius 2 is 2.18 bits per heavy atom. The van der Waals surface area contributed by atoms with Gasteiger partial charge in [-0.3, -0.25) is 0 Å². The number of carbonyl (C=O) groups excluding carboxylic acids is 1. The average Bonchev–Trinajstić information content (AvgIpc) is 3.01. The average molecular weight is 303 g/mol. The van der Waals surface area contributed by atoms with Gasteiger partial charge in [0.05, 0.1) is 18.9 Å². The highest BCUT2D eigenvalue weighted by atomic mass is 16.5. The largest absolute Gasteiger partial charge is 0.465 e. The van der Waals surface area contributed by atoms with Crippen molar-refractivity contribution < 1.29 is 18.7 Å². The summed E-state index contributed by atoms with van der Waals surface area (Å²) < 4.78 is 15.9. The SMILES string of the molecule is CCc1c(NC2CCOCC2)cc2occc2c1C(=O)OC. The van der Waals surface area contributed by atoms with Gasteiger partial charge >= 0.3 is 5.97 Å². The molecule has 1 saturated heterocycles. The fourth-order valence-electron chi connectivity index (χ4n) is 3.05. The summed E-state index contributed by atoms with van der Waals surface area (Å²) >= 11 is 0. The molecule has 0 amide bonds. The second kappa shape index (κ2) is 6.40. The minimum absolute atomic E-state index is 0.320. The summed E-state index contributed by atoms with van der Waals surface area (Å²) in [4.78, 5) is 12.2. The van der Waals surface area contributed by atoms with Crippen molar-refractivity contribution in [1.82, 2.24) is 0 Å². The van der Waals surface area contributed by atoms with Gasteiger partial charge in [0.2, 0.25) is 0 Å². The van der Waals surface area contributed by atoms with E-state index in [0.29, 0.717) is 17.2 Å². The lowest BCUT2D eigenvalue weighted by molar-refractivity contribution is 0.0601. The molecule has 0 saturated carbocycles. The number of benzene rings is 1. The zero-order chi connectivity index (χ0) is 15.5. The lowest BCUT2D eigenvalue weighted by Crippen LogP contribution is -2.28. The third-order valence-corrected chi connectivity index (χ3v) is 4.19. The van der Waals surface area contributed by atoms with E-state index in [0.717, 1.165) is 49.1 Å². The van der Waals surface area contributed by atoms with Gasteiger partial charge in [0, 0.05) is 36.4 Å². The Morgan fingerprint density at radius 3 is 2.86 bits per heavy atom. The third-order valence-electron chi connectivity index (χ3n) is 4.19. The third kappa shape index (κ3) is 2.68. The summed E-state index contributed by atoms with van der Waals surface area (Å²) in [5.74, 6) is -0.320. The van der Waals surface area contributed by atoms with Gasteiger partial charge in [-0.25, -0.2) is 4.79 Å². The second-order valence-corrected chi connectivity index (χ2v) is 5.49. The van der Waals surface area contributed by atoms with Crippen molar-refractivity contribution in [3.8, 4) is 0 Å². The summed E-state index contributed by atoms with van der Waals surface area (Å²) in [5.41, 5.74) is 3.24. The molecule has 5 nitrogen and oxygen atoms in total. The zero-order valence-corrected chi connectivity index (χ0v) is 13.0. The van der Waals surface area contributed by atoms with E-state index in [9.17, 15) is 4.79 Å². The molecule has 118 valence electrons. The molecule has 1 fully saturated rings. The Labute approximate surface area is 129 Å². The number of anilines is 1. The van der Waals surface area contributed by atoms with Gasteiger partial charge in [0.1, 0.15) is 5.58 Å². The first kappa shape index (κ1) is 14.9. The first-order chi connectivity index (χ1) is 10.7. The van der Waals surface area contributed by atoms with Crippen molar-refractivity contribution in [3.05, 3.63) is 29.5 Å². The summed E-state index contributed by atoms with van der Waals surface area (Å²) in [6, 6.07) is 4.16. The van der Waals surface area contributed by atoms with E-state index in [1.165, 1.54) is 7.11 Å². The summed E-state index contributed by atoms with van der Waals surface area (Å²) in [6.07, 6.45) is 4.28. The topological polar surface area (TPSA) is 60.7 Å². The maximum Gasteiger partial charge on any atom is 0.338 e. The van der Waals surface area contributed by atoms with E-state index >= 15 is 0 Å². The molecule has 2 aromatic rings. The molecular weight excluding hydrogens is 282 g/mol. The number of fused-ring (bicyclic) bond motifs is 1. The lowest BCUT2D eigenvalue weighted by Gasteiger charge is -2.26. The molecule has 0 unspecified atom stereocenters. The number of rotatable bonds is 4. The lowest BCUT2D eigenvalue weighted by atomic mass is 9.97. The molecule has 1 aromatic heterocycles. The van der Waals surface area contributed by atoms with Crippen molar-refractivity contribution in [2.24, 2.45) is 0 Å². The van der Waals surface area contributed by atoms with Crippen LogP contribution in [0.4, 0.5) is 5.69 Å². The van der Waals surface area contributed by atoms with Crippen LogP contribution in [0.1, 0.15) is 35.7 Å². The number of hydrogen-bond acceptors (Lipinski definition) is 5. The van der Waals surface area contributed by atoms with Crippen LogP contribution in [-0.2, 0) is 15.9 Å². The van der Waals surface area contributed by atoms with Crippen LogP contribution < -0.4 is 5.32 Å². The number of nitrogens with one attached hydrogen (secondary N) is 1. The molecule has 0 aliphatic carbocycles. The number of esters is 1. The Morgan fingerprint density at radius 1 is 1.41 bits per heavy atom. The number of hydrogen-bond donors (Lipinski definition) is 1. The maximum atomic E-state index is 12.2. The van der Waals surface area contributed by atoms with Crippen molar-refractivity contribution in [1.29, 1.82) is 0 Å². The molecular formula is C17H21NO4. The number of furan rings is 1. The van der Waals surface area contributed by atoms with E-state index in [4.69, 9.17) is 13.9 Å². The highest BCUT2D eigenvalue weighted by Gasteiger charge is 2.22. The molecule has 0 bridgehead atoms. The maximum absolute atomic E-state index is 12.2. The molecule has 1 aliphatic rings. The molecule has 22 heavy (non-hydrogen) atoms. The fraction of sp³-hybridized carbons (Fsp3) is 0.471. The van der Waals surface area contributed by atoms with Crippen LogP contribution >= 0.6 is 0 Å². The number of ether oxygens (including phenoxy) is 2. The predicted molar refractivity (Wildman–Crippen MR) is 84.4 cm³/mol. The number of carbonyl (C=O) groups is 1. The van der Waals surface area contributed by atoms with E-state index in [-0.39, 0.29) is 5.97 Å². The monoisotopic (exact) mass is 303 g/mol. The highest BCUT2D eigenvalue weighted by Crippen LogP contribution is 2.32. The minimum atomic E-state index is -0.320. The van der Waals surface area contributed by atoms with Gasteiger partial charge in [0.15, 0.2) is 0 Å². The van der Waals surface area contributed by atoms with Crippen LogP contribution in [0.25, 0.3) is 11.0 Å². The normalized spacial score (nSPS) is 15.9. The summed E-state index contributed by atoms with van der Waals surface area (Å²) in [6.45, 7) is 3.58. The first-order valence-corrected chi connectivity index (χ1v) is 7.70. The predicted octanol–water partition coefficient (Wildman–Crippen LogP) is 3.37. The van der Waals surface area contributed by atoms with Crippen LogP contribution in [0, 0.1) is 0 Å². The van der Waals surface area contributed by atoms with E-state index in [1.54, 1.807) is 6.26 Å². The van der Waals surface area contributed by atoms with Gasteiger partial charge in [-0.2, -0.15) is 0 Å². The molecule has 3 rings (SSSR count). The first-order valence-electron chi connectivity index (χ1n) is 7.70. The molecule has 1 aromatic carbocycles. The molecule has 2 heterocycles. The van der Waals surface area contributed by atoms with Crippen LogP contribution in [-0.4, -0.2) is 32.3 Å². The van der Waals surface area contributed by atoms with E-state index in [1.807, 2.05) is 19.1 Å². The second-order valence-electron chi connectivity index (χ2n) is 5.49. The van der Waals surface area contributed by atoms with Crippen LogP contribution in [0.3, 0.4) is 0 Å². The van der Waals surface area contributed by atoms with Crippen molar-refractivity contribution in [2.75, 3.05) is 25.6 Å².